The number of Topliss-reactive ketones (excluding diaryl/α,β-unsaturated/α-hetero) is 1. The van der Waals surface area contributed by atoms with Crippen LogP contribution in [0.1, 0.15) is 55.6 Å². The molecule has 0 aliphatic carbocycles. The molecule has 37 heavy (non-hydrogen) atoms. The second-order valence-electron chi connectivity index (χ2n) is 11.1. The summed E-state index contributed by atoms with van der Waals surface area (Å²) in [6, 6.07) is 15.3. The van der Waals surface area contributed by atoms with Crippen LogP contribution in [-0.2, 0) is 14.3 Å². The Morgan fingerprint density at radius 3 is 2.30 bits per heavy atom. The second kappa shape index (κ2) is 10.9. The number of nitrogens with zero attached hydrogens (tertiary/aromatic N) is 1. The number of ketones is 1. The van der Waals surface area contributed by atoms with E-state index in [4.69, 9.17) is 14.2 Å². The lowest BCUT2D eigenvalue weighted by molar-refractivity contribution is -0.938. The van der Waals surface area contributed by atoms with Gasteiger partial charge in [0.2, 0.25) is 5.78 Å². The Morgan fingerprint density at radius 1 is 1.00 bits per heavy atom. The van der Waals surface area contributed by atoms with E-state index in [2.05, 4.69) is 5.32 Å². The van der Waals surface area contributed by atoms with Gasteiger partial charge in [0.25, 0.3) is 0 Å². The topological polar surface area (TPSA) is 90.9 Å². The smallest absolute Gasteiger partial charge is 0.408 e. The summed E-state index contributed by atoms with van der Waals surface area (Å²) in [5, 5.41) is 2.69. The van der Waals surface area contributed by atoms with Crippen molar-refractivity contribution in [2.75, 3.05) is 33.3 Å². The molecule has 0 aromatic heterocycles. The third-order valence-corrected chi connectivity index (χ3v) is 7.23. The number of para-hydroxylation sites is 1. The van der Waals surface area contributed by atoms with Gasteiger partial charge in [-0.1, -0.05) is 42.5 Å². The van der Waals surface area contributed by atoms with E-state index in [0.717, 1.165) is 25.9 Å². The Hall–Kier alpha value is -3.39. The van der Waals surface area contributed by atoms with E-state index in [-0.39, 0.29) is 17.8 Å². The zero-order valence-electron chi connectivity index (χ0n) is 22.1. The predicted molar refractivity (Wildman–Crippen MR) is 138 cm³/mol. The number of methoxy groups -OCH3 is 1. The molecular formula is C29H37N2O6+. The number of esters is 1. The van der Waals surface area contributed by atoms with Gasteiger partial charge in [-0.25, -0.2) is 9.59 Å². The first-order valence-electron chi connectivity index (χ1n) is 12.9. The molecule has 0 spiro atoms. The van der Waals surface area contributed by atoms with Crippen LogP contribution >= 0.6 is 0 Å². The van der Waals surface area contributed by atoms with E-state index in [1.54, 1.807) is 52.1 Å². The summed E-state index contributed by atoms with van der Waals surface area (Å²) in [5.41, 5.74) is 0.495. The monoisotopic (exact) mass is 509 g/mol. The lowest BCUT2D eigenvalue weighted by Crippen LogP contribution is -2.66. The summed E-state index contributed by atoms with van der Waals surface area (Å²) in [7, 11) is 1.56. The van der Waals surface area contributed by atoms with Gasteiger partial charge < -0.3 is 24.0 Å². The number of ether oxygens (including phenoxy) is 3. The van der Waals surface area contributed by atoms with Gasteiger partial charge in [-0.3, -0.25) is 4.79 Å². The molecule has 2 aromatic rings. The zero-order valence-corrected chi connectivity index (χ0v) is 22.1. The van der Waals surface area contributed by atoms with Crippen LogP contribution in [0, 0.1) is 5.92 Å². The number of nitrogens with one attached hydrogen (secondary N) is 1. The summed E-state index contributed by atoms with van der Waals surface area (Å²) in [6.07, 6.45) is 0.754. The molecule has 3 saturated heterocycles. The fraction of sp³-hybridized carbons (Fsp3) is 0.483. The minimum absolute atomic E-state index is 0.0247. The van der Waals surface area contributed by atoms with E-state index in [0.29, 0.717) is 34.4 Å². The highest BCUT2D eigenvalue weighted by Crippen LogP contribution is 2.37. The average Bonchev–Trinajstić information content (AvgIpc) is 2.87. The van der Waals surface area contributed by atoms with Crippen LogP contribution in [0.25, 0.3) is 0 Å². The standard InChI is InChI=1S/C29H36N2O6/c1-29(2,3)37-28(34)30-26(21-10-6-5-7-11-21)27(33)36-25-19-31(16-14-20(25)15-17-31)18-23(32)22-12-8-9-13-24(22)35-4/h5-13,20,25-26H,14-19H2,1-4H3/p+1/t20?,25-,26?,31?/m0/s1. The van der Waals surface area contributed by atoms with Gasteiger partial charge in [-0.2, -0.15) is 0 Å². The molecule has 2 bridgehead atoms. The number of carbonyl (C=O) groups excluding carboxylic acids is 3. The van der Waals surface area contributed by atoms with Gasteiger partial charge in [0.1, 0.15) is 24.4 Å². The minimum atomic E-state index is -0.991. The summed E-state index contributed by atoms with van der Waals surface area (Å²) >= 11 is 0. The van der Waals surface area contributed by atoms with Crippen molar-refractivity contribution in [3.8, 4) is 5.75 Å². The molecule has 3 heterocycles. The van der Waals surface area contributed by atoms with Crippen molar-refractivity contribution in [2.45, 2.75) is 51.4 Å². The van der Waals surface area contributed by atoms with Crippen LogP contribution in [-0.4, -0.2) is 67.3 Å². The Kier molecular flexibility index (Phi) is 7.87. The maximum atomic E-state index is 13.4. The molecule has 5 rings (SSSR count). The fourth-order valence-electron chi connectivity index (χ4n) is 5.41. The number of carbonyl (C=O) groups is 3. The number of piperidine rings is 3. The van der Waals surface area contributed by atoms with Crippen LogP contribution in [0.15, 0.2) is 54.6 Å². The minimum Gasteiger partial charge on any atom is -0.496 e. The van der Waals surface area contributed by atoms with Gasteiger partial charge >= 0.3 is 12.1 Å². The Balaban J connectivity index is 1.48. The molecule has 2 aromatic carbocycles. The van der Waals surface area contributed by atoms with Crippen molar-refractivity contribution >= 4 is 17.8 Å². The lowest BCUT2D eigenvalue weighted by atomic mass is 9.82. The van der Waals surface area contributed by atoms with Crippen molar-refractivity contribution < 1.29 is 33.1 Å². The van der Waals surface area contributed by atoms with E-state index in [9.17, 15) is 14.4 Å². The second-order valence-corrected chi connectivity index (χ2v) is 11.1. The number of amides is 1. The molecule has 3 aliphatic rings. The maximum absolute atomic E-state index is 13.4. The number of hydrogen-bond acceptors (Lipinski definition) is 6. The summed E-state index contributed by atoms with van der Waals surface area (Å²) in [4.78, 5) is 39.2. The van der Waals surface area contributed by atoms with Gasteiger partial charge in [0.05, 0.1) is 25.8 Å². The van der Waals surface area contributed by atoms with E-state index in [1.165, 1.54) is 0 Å². The highest BCUT2D eigenvalue weighted by molar-refractivity contribution is 5.99. The molecule has 1 amide bonds. The number of rotatable bonds is 8. The van der Waals surface area contributed by atoms with E-state index in [1.807, 2.05) is 30.3 Å². The van der Waals surface area contributed by atoms with Crippen molar-refractivity contribution in [2.24, 2.45) is 5.92 Å². The Morgan fingerprint density at radius 2 is 1.65 bits per heavy atom. The number of hydrogen-bond donors (Lipinski definition) is 1. The maximum Gasteiger partial charge on any atom is 0.408 e. The first kappa shape index (κ1) is 26.7. The molecule has 0 saturated carbocycles. The molecule has 0 radical (unpaired) electrons. The number of fused-ring (bicyclic) bond motifs is 3. The van der Waals surface area contributed by atoms with Crippen LogP contribution < -0.4 is 10.1 Å². The van der Waals surface area contributed by atoms with Crippen LogP contribution in [0.2, 0.25) is 0 Å². The van der Waals surface area contributed by atoms with Crippen LogP contribution in [0.4, 0.5) is 4.79 Å². The Bertz CT molecular complexity index is 1120. The van der Waals surface area contributed by atoms with Gasteiger partial charge in [-0.05, 0) is 38.5 Å². The summed E-state index contributed by atoms with van der Waals surface area (Å²) < 4.78 is 17.4. The SMILES string of the molecule is COc1ccccc1C(=O)C[N+]12CCC(CC1)[C@@H](OC(=O)C(NC(=O)OC(C)(C)C)c1ccccc1)C2. The van der Waals surface area contributed by atoms with Crippen molar-refractivity contribution in [3.05, 3.63) is 65.7 Å². The zero-order chi connectivity index (χ0) is 26.6. The molecule has 8 heteroatoms. The van der Waals surface area contributed by atoms with Crippen molar-refractivity contribution in [3.63, 3.8) is 0 Å². The van der Waals surface area contributed by atoms with Crippen molar-refractivity contribution in [1.29, 1.82) is 0 Å². The quantitative estimate of drug-likeness (QED) is 0.324. The number of benzene rings is 2. The largest absolute Gasteiger partial charge is 0.496 e. The van der Waals surface area contributed by atoms with Crippen LogP contribution in [0.3, 0.4) is 0 Å². The Labute approximate surface area is 218 Å². The molecule has 3 fully saturated rings. The van der Waals surface area contributed by atoms with E-state index >= 15 is 0 Å². The van der Waals surface area contributed by atoms with Gasteiger partial charge in [0.15, 0.2) is 12.1 Å². The van der Waals surface area contributed by atoms with Crippen LogP contribution in [0.5, 0.6) is 5.75 Å². The molecule has 3 aliphatic heterocycles. The van der Waals surface area contributed by atoms with Gasteiger partial charge in [-0.15, -0.1) is 0 Å². The predicted octanol–water partition coefficient (Wildman–Crippen LogP) is 4.30. The molecule has 2 atom stereocenters. The fourth-order valence-corrected chi connectivity index (χ4v) is 5.41. The highest BCUT2D eigenvalue weighted by Gasteiger charge is 2.49. The third kappa shape index (κ3) is 6.49. The number of quaternary nitrogens is 1. The molecule has 1 unspecified atom stereocenters. The first-order valence-corrected chi connectivity index (χ1v) is 12.9. The molecule has 1 N–H and O–H groups in total. The molecule has 198 valence electrons. The number of alkyl carbamates (subject to hydrolysis) is 1. The summed E-state index contributed by atoms with van der Waals surface area (Å²) in [5.74, 6) is 0.310. The van der Waals surface area contributed by atoms with Gasteiger partial charge in [0, 0.05) is 18.8 Å². The van der Waals surface area contributed by atoms with E-state index < -0.39 is 23.7 Å². The van der Waals surface area contributed by atoms with Crippen molar-refractivity contribution in [1.82, 2.24) is 5.32 Å². The molecule has 8 nitrogen and oxygen atoms in total. The molecular weight excluding hydrogens is 472 g/mol. The lowest BCUT2D eigenvalue weighted by Gasteiger charge is -2.51. The first-order chi connectivity index (χ1) is 17.6. The normalized spacial score (nSPS) is 23.6. The summed E-state index contributed by atoms with van der Waals surface area (Å²) in [6.45, 7) is 7.96. The third-order valence-electron chi connectivity index (χ3n) is 7.23. The highest BCUT2D eigenvalue weighted by atomic mass is 16.6. The average molecular weight is 510 g/mol.